The van der Waals surface area contributed by atoms with Gasteiger partial charge in [0.2, 0.25) is 0 Å². The predicted octanol–water partition coefficient (Wildman–Crippen LogP) is 2.24. The Balaban J connectivity index is 3.75. The monoisotopic (exact) mass is 208 g/mol. The molecule has 0 saturated heterocycles. The highest BCUT2D eigenvalue weighted by Crippen LogP contribution is 2.08. The molecule has 0 spiro atoms. The average Bonchev–Trinajstić information content (AvgIpc) is 1.94. The molecule has 0 radical (unpaired) electrons. The zero-order valence-corrected chi connectivity index (χ0v) is 8.55. The van der Waals surface area contributed by atoms with Crippen LogP contribution in [-0.4, -0.2) is 18.1 Å². The zero-order valence-electron chi connectivity index (χ0n) is 7.73. The van der Waals surface area contributed by atoms with Gasteiger partial charge in [0, 0.05) is 6.42 Å². The van der Waals surface area contributed by atoms with E-state index in [0.29, 0.717) is 11.8 Å². The SMILES string of the molecule is CCCCCCC(O)=CS(=O)(=O)O. The number of unbranched alkanes of at least 4 members (excludes halogenated alkanes) is 3. The molecule has 0 heterocycles. The Kier molecular flexibility index (Phi) is 5.73. The van der Waals surface area contributed by atoms with Crippen LogP contribution in [0.4, 0.5) is 0 Å². The van der Waals surface area contributed by atoms with Gasteiger partial charge in [-0.2, -0.15) is 8.42 Å². The van der Waals surface area contributed by atoms with Gasteiger partial charge < -0.3 is 5.11 Å². The molecule has 0 fully saturated rings. The van der Waals surface area contributed by atoms with Gasteiger partial charge in [-0.1, -0.05) is 26.2 Å². The number of rotatable bonds is 6. The molecule has 0 saturated carbocycles. The third kappa shape index (κ3) is 9.36. The van der Waals surface area contributed by atoms with E-state index in [4.69, 9.17) is 9.66 Å². The maximum absolute atomic E-state index is 10.2. The summed E-state index contributed by atoms with van der Waals surface area (Å²) < 4.78 is 28.8. The van der Waals surface area contributed by atoms with Gasteiger partial charge in [-0.3, -0.25) is 4.55 Å². The summed E-state index contributed by atoms with van der Waals surface area (Å²) in [4.78, 5) is 0. The second-order valence-electron chi connectivity index (χ2n) is 2.93. The van der Waals surface area contributed by atoms with E-state index in [1.165, 1.54) is 0 Å². The molecule has 13 heavy (non-hydrogen) atoms. The Labute approximate surface area is 79.0 Å². The standard InChI is InChI=1S/C8H16O4S/c1-2-3-4-5-6-8(9)7-13(10,11)12/h7,9H,2-6H2,1H3,(H,10,11,12). The van der Waals surface area contributed by atoms with Crippen LogP contribution in [0.3, 0.4) is 0 Å². The van der Waals surface area contributed by atoms with Gasteiger partial charge in [0.25, 0.3) is 10.1 Å². The van der Waals surface area contributed by atoms with Crippen molar-refractivity contribution in [2.24, 2.45) is 0 Å². The Morgan fingerprint density at radius 3 is 2.38 bits per heavy atom. The second kappa shape index (κ2) is 5.99. The second-order valence-corrected chi connectivity index (χ2v) is 4.20. The van der Waals surface area contributed by atoms with Gasteiger partial charge in [-0.15, -0.1) is 0 Å². The molecule has 4 nitrogen and oxygen atoms in total. The molecule has 0 atom stereocenters. The third-order valence-corrected chi connectivity index (χ3v) is 2.14. The minimum Gasteiger partial charge on any atom is -0.512 e. The van der Waals surface area contributed by atoms with Crippen molar-refractivity contribution in [3.8, 4) is 0 Å². The number of allylic oxidation sites excluding steroid dienone is 1. The van der Waals surface area contributed by atoms with Gasteiger partial charge in [0.1, 0.15) is 5.76 Å². The Bertz CT molecular complexity index is 253. The topological polar surface area (TPSA) is 74.6 Å². The largest absolute Gasteiger partial charge is 0.512 e. The minimum atomic E-state index is -4.18. The molecule has 0 aliphatic rings. The summed E-state index contributed by atoms with van der Waals surface area (Å²) >= 11 is 0. The van der Waals surface area contributed by atoms with E-state index >= 15 is 0 Å². The lowest BCUT2D eigenvalue weighted by molar-refractivity contribution is 0.380. The molecular formula is C8H16O4S. The fourth-order valence-corrected chi connectivity index (χ4v) is 1.43. The lowest BCUT2D eigenvalue weighted by atomic mass is 10.1. The van der Waals surface area contributed by atoms with Crippen molar-refractivity contribution < 1.29 is 18.1 Å². The minimum absolute atomic E-state index is 0.279. The highest BCUT2D eigenvalue weighted by atomic mass is 32.2. The number of aliphatic hydroxyl groups excluding tert-OH is 1. The van der Waals surface area contributed by atoms with E-state index in [2.05, 4.69) is 6.92 Å². The smallest absolute Gasteiger partial charge is 0.290 e. The molecule has 0 aromatic rings. The molecule has 0 bridgehead atoms. The van der Waals surface area contributed by atoms with Gasteiger partial charge in [0.05, 0.1) is 5.41 Å². The fourth-order valence-electron chi connectivity index (χ4n) is 0.964. The van der Waals surface area contributed by atoms with Gasteiger partial charge in [-0.05, 0) is 6.42 Å². The number of hydrogen-bond acceptors (Lipinski definition) is 3. The molecule has 0 rings (SSSR count). The quantitative estimate of drug-likeness (QED) is 0.399. The summed E-state index contributed by atoms with van der Waals surface area (Å²) in [5.74, 6) is -0.279. The summed E-state index contributed by atoms with van der Waals surface area (Å²) in [6.07, 6.45) is 4.16. The average molecular weight is 208 g/mol. The van der Waals surface area contributed by atoms with Gasteiger partial charge in [0.15, 0.2) is 0 Å². The number of hydrogen-bond donors (Lipinski definition) is 2. The van der Waals surface area contributed by atoms with Crippen molar-refractivity contribution in [2.45, 2.75) is 39.0 Å². The molecule has 2 N–H and O–H groups in total. The highest BCUT2D eigenvalue weighted by Gasteiger charge is 2.02. The predicted molar refractivity (Wildman–Crippen MR) is 51.0 cm³/mol. The van der Waals surface area contributed by atoms with Crippen LogP contribution in [0.1, 0.15) is 39.0 Å². The lowest BCUT2D eigenvalue weighted by Gasteiger charge is -1.98. The maximum atomic E-state index is 10.2. The highest BCUT2D eigenvalue weighted by molar-refractivity contribution is 7.88. The summed E-state index contributed by atoms with van der Waals surface area (Å²) in [7, 11) is -4.18. The first-order valence-electron chi connectivity index (χ1n) is 4.32. The Morgan fingerprint density at radius 2 is 1.92 bits per heavy atom. The van der Waals surface area contributed by atoms with Gasteiger partial charge >= 0.3 is 0 Å². The fraction of sp³-hybridized carbons (Fsp3) is 0.750. The van der Waals surface area contributed by atoms with Crippen molar-refractivity contribution in [1.29, 1.82) is 0 Å². The van der Waals surface area contributed by atoms with Crippen LogP contribution in [0, 0.1) is 0 Å². The Hall–Kier alpha value is -0.550. The maximum Gasteiger partial charge on any atom is 0.290 e. The van der Waals surface area contributed by atoms with Crippen LogP contribution < -0.4 is 0 Å². The Morgan fingerprint density at radius 1 is 1.31 bits per heavy atom. The van der Waals surface area contributed by atoms with E-state index in [1.807, 2.05) is 0 Å². The summed E-state index contributed by atoms with van der Waals surface area (Å²) in [6.45, 7) is 2.06. The van der Waals surface area contributed by atoms with Crippen molar-refractivity contribution in [2.75, 3.05) is 0 Å². The number of aliphatic hydroxyl groups is 1. The van der Waals surface area contributed by atoms with Gasteiger partial charge in [-0.25, -0.2) is 0 Å². The summed E-state index contributed by atoms with van der Waals surface area (Å²) in [5, 5.41) is 9.49. The van der Waals surface area contributed by atoms with Crippen LogP contribution in [0.5, 0.6) is 0 Å². The molecule has 0 aliphatic heterocycles. The third-order valence-electron chi connectivity index (χ3n) is 1.57. The summed E-state index contributed by atoms with van der Waals surface area (Å²) in [5.41, 5.74) is 0. The van der Waals surface area contributed by atoms with Crippen molar-refractivity contribution in [3.63, 3.8) is 0 Å². The molecule has 78 valence electrons. The molecule has 5 heteroatoms. The van der Waals surface area contributed by atoms with Crippen molar-refractivity contribution >= 4 is 10.1 Å². The summed E-state index contributed by atoms with van der Waals surface area (Å²) in [6, 6.07) is 0. The van der Waals surface area contributed by atoms with Crippen LogP contribution in [0.2, 0.25) is 0 Å². The lowest BCUT2D eigenvalue weighted by Crippen LogP contribution is -1.94. The zero-order chi connectivity index (χ0) is 10.3. The van der Waals surface area contributed by atoms with Crippen LogP contribution in [0.15, 0.2) is 11.2 Å². The molecular weight excluding hydrogens is 192 g/mol. The van der Waals surface area contributed by atoms with E-state index in [0.717, 1.165) is 25.7 Å². The van der Waals surface area contributed by atoms with Crippen LogP contribution in [0.25, 0.3) is 0 Å². The first-order chi connectivity index (χ1) is 5.95. The van der Waals surface area contributed by atoms with E-state index in [9.17, 15) is 8.42 Å². The van der Waals surface area contributed by atoms with E-state index in [-0.39, 0.29) is 5.76 Å². The van der Waals surface area contributed by atoms with Crippen LogP contribution >= 0.6 is 0 Å². The molecule has 0 aliphatic carbocycles. The first-order valence-corrected chi connectivity index (χ1v) is 5.83. The molecule has 0 unspecified atom stereocenters. The van der Waals surface area contributed by atoms with Crippen molar-refractivity contribution in [1.82, 2.24) is 0 Å². The normalized spacial score (nSPS) is 13.2. The molecule has 0 amide bonds. The van der Waals surface area contributed by atoms with E-state index < -0.39 is 10.1 Å². The first kappa shape index (κ1) is 12.4. The van der Waals surface area contributed by atoms with Crippen LogP contribution in [-0.2, 0) is 10.1 Å². The van der Waals surface area contributed by atoms with E-state index in [1.54, 1.807) is 0 Å². The molecule has 0 aromatic heterocycles. The molecule has 0 aromatic carbocycles. The van der Waals surface area contributed by atoms with Crippen molar-refractivity contribution in [3.05, 3.63) is 11.2 Å².